The van der Waals surface area contributed by atoms with Crippen LogP contribution in [-0.2, 0) is 4.79 Å². The molecule has 0 amide bonds. The second kappa shape index (κ2) is 4.07. The maximum absolute atomic E-state index is 11.6. The Hall–Kier alpha value is -0.850. The molecule has 0 bridgehead atoms. The summed E-state index contributed by atoms with van der Waals surface area (Å²) >= 11 is 0. The summed E-state index contributed by atoms with van der Waals surface area (Å²) in [5.41, 5.74) is 1.97. The first-order chi connectivity index (χ1) is 9.17. The lowest BCUT2D eigenvalue weighted by Gasteiger charge is -2.50. The van der Waals surface area contributed by atoms with E-state index < -0.39 is 0 Å². The van der Waals surface area contributed by atoms with Crippen LogP contribution in [0.25, 0.3) is 0 Å². The van der Waals surface area contributed by atoms with Gasteiger partial charge in [-0.25, -0.2) is 0 Å². The second-order valence-corrected chi connectivity index (χ2v) is 7.55. The van der Waals surface area contributed by atoms with Crippen LogP contribution in [0.1, 0.15) is 51.9 Å². The van der Waals surface area contributed by atoms with Gasteiger partial charge in [-0.1, -0.05) is 25.5 Å². The molecule has 102 valence electrons. The van der Waals surface area contributed by atoms with E-state index in [2.05, 4.69) is 19.1 Å². The van der Waals surface area contributed by atoms with Crippen LogP contribution in [0.4, 0.5) is 0 Å². The zero-order valence-electron chi connectivity index (χ0n) is 11.9. The van der Waals surface area contributed by atoms with E-state index in [0.29, 0.717) is 17.1 Å². The van der Waals surface area contributed by atoms with E-state index in [0.717, 1.165) is 30.6 Å². The maximum atomic E-state index is 11.6. The van der Waals surface area contributed by atoms with Crippen molar-refractivity contribution in [2.24, 2.45) is 29.1 Å². The van der Waals surface area contributed by atoms with Crippen molar-refractivity contribution in [3.63, 3.8) is 0 Å². The van der Waals surface area contributed by atoms with E-state index >= 15 is 0 Å². The average molecular weight is 256 g/mol. The highest BCUT2D eigenvalue weighted by Crippen LogP contribution is 2.60. The molecule has 0 heterocycles. The lowest BCUT2D eigenvalue weighted by molar-refractivity contribution is -0.115. The summed E-state index contributed by atoms with van der Waals surface area (Å²) in [5, 5.41) is 0. The third kappa shape index (κ3) is 1.70. The molecule has 0 N–H and O–H groups in total. The van der Waals surface area contributed by atoms with Crippen LogP contribution < -0.4 is 0 Å². The molecule has 4 rings (SSSR count). The number of hydrogen-bond acceptors (Lipinski definition) is 1. The average Bonchev–Trinajstić information content (AvgIpc) is 2.79. The highest BCUT2D eigenvalue weighted by atomic mass is 16.1. The zero-order valence-corrected chi connectivity index (χ0v) is 11.9. The van der Waals surface area contributed by atoms with Crippen LogP contribution in [0, 0.1) is 29.1 Å². The van der Waals surface area contributed by atoms with Gasteiger partial charge in [0, 0.05) is 6.42 Å². The topological polar surface area (TPSA) is 17.1 Å². The summed E-state index contributed by atoms with van der Waals surface area (Å²) < 4.78 is 0. The smallest absolute Gasteiger partial charge is 0.155 e. The van der Waals surface area contributed by atoms with E-state index in [1.807, 2.05) is 6.08 Å². The summed E-state index contributed by atoms with van der Waals surface area (Å²) in [6, 6.07) is 0. The van der Waals surface area contributed by atoms with E-state index in [1.54, 1.807) is 0 Å². The fourth-order valence-corrected chi connectivity index (χ4v) is 5.65. The normalized spacial score (nSPS) is 48.3. The first-order valence-corrected chi connectivity index (χ1v) is 8.10. The standard InChI is InChI=1S/C18H24O/c1-18-9-2-3-17(18)16-6-4-12-11-13(19)5-7-14(12)15(16)8-10-18/h4,6,11,14-17H,2-3,5,7-10H2,1H3. The number of carbonyl (C=O) groups excluding carboxylic acids is 1. The van der Waals surface area contributed by atoms with Gasteiger partial charge in [-0.15, -0.1) is 0 Å². The molecule has 19 heavy (non-hydrogen) atoms. The maximum Gasteiger partial charge on any atom is 0.155 e. The predicted octanol–water partition coefficient (Wildman–Crippen LogP) is 4.29. The van der Waals surface area contributed by atoms with Crippen molar-refractivity contribution in [2.75, 3.05) is 0 Å². The minimum atomic E-state index is 0.343. The lowest BCUT2D eigenvalue weighted by atomic mass is 9.54. The van der Waals surface area contributed by atoms with Gasteiger partial charge in [0.25, 0.3) is 0 Å². The van der Waals surface area contributed by atoms with Crippen LogP contribution in [0.3, 0.4) is 0 Å². The van der Waals surface area contributed by atoms with Crippen molar-refractivity contribution in [3.05, 3.63) is 23.8 Å². The minimum absolute atomic E-state index is 0.343. The molecule has 0 aliphatic heterocycles. The quantitative estimate of drug-likeness (QED) is 0.631. The Labute approximate surface area is 116 Å². The van der Waals surface area contributed by atoms with Crippen molar-refractivity contribution in [1.82, 2.24) is 0 Å². The zero-order chi connectivity index (χ0) is 13.0. The Bertz CT molecular complexity index is 472. The van der Waals surface area contributed by atoms with Crippen molar-refractivity contribution in [3.8, 4) is 0 Å². The summed E-state index contributed by atoms with van der Waals surface area (Å²) in [6.45, 7) is 2.53. The number of rotatable bonds is 0. The Kier molecular flexibility index (Phi) is 2.56. The molecule has 5 atom stereocenters. The lowest BCUT2D eigenvalue weighted by Crippen LogP contribution is -2.42. The number of fused-ring (bicyclic) bond motifs is 5. The SMILES string of the molecule is CC12CCCC1C1C=CC3=CC(=O)CCC3C1CC2. The first-order valence-electron chi connectivity index (χ1n) is 8.10. The molecule has 5 unspecified atom stereocenters. The van der Waals surface area contributed by atoms with Gasteiger partial charge in [-0.3, -0.25) is 4.79 Å². The Balaban J connectivity index is 1.70. The van der Waals surface area contributed by atoms with Gasteiger partial charge in [0.2, 0.25) is 0 Å². The van der Waals surface area contributed by atoms with Crippen LogP contribution in [0.15, 0.2) is 23.8 Å². The van der Waals surface area contributed by atoms with Gasteiger partial charge < -0.3 is 0 Å². The van der Waals surface area contributed by atoms with Crippen LogP contribution in [-0.4, -0.2) is 5.78 Å². The summed E-state index contributed by atoms with van der Waals surface area (Å²) in [4.78, 5) is 11.6. The van der Waals surface area contributed by atoms with E-state index in [-0.39, 0.29) is 0 Å². The van der Waals surface area contributed by atoms with Crippen molar-refractivity contribution < 1.29 is 4.79 Å². The molecule has 0 saturated heterocycles. The number of allylic oxidation sites excluding steroid dienone is 4. The van der Waals surface area contributed by atoms with Gasteiger partial charge in [-0.05, 0) is 72.8 Å². The summed E-state index contributed by atoms with van der Waals surface area (Å²) in [7, 11) is 0. The van der Waals surface area contributed by atoms with Crippen LogP contribution >= 0.6 is 0 Å². The number of ketones is 1. The van der Waals surface area contributed by atoms with E-state index in [9.17, 15) is 4.79 Å². The highest BCUT2D eigenvalue weighted by molar-refractivity contribution is 5.91. The third-order valence-electron chi connectivity index (χ3n) is 6.65. The molecular formula is C18H24O. The minimum Gasteiger partial charge on any atom is -0.295 e. The predicted molar refractivity (Wildman–Crippen MR) is 76.6 cm³/mol. The molecule has 2 saturated carbocycles. The van der Waals surface area contributed by atoms with Crippen LogP contribution in [0.2, 0.25) is 0 Å². The molecule has 2 fully saturated rings. The summed E-state index contributed by atoms with van der Waals surface area (Å²) in [5.74, 6) is 3.59. The van der Waals surface area contributed by atoms with Crippen molar-refractivity contribution in [2.45, 2.75) is 51.9 Å². The summed E-state index contributed by atoms with van der Waals surface area (Å²) in [6.07, 6.45) is 15.7. The fraction of sp³-hybridized carbons (Fsp3) is 0.722. The number of hydrogen-bond donors (Lipinski definition) is 0. The number of carbonyl (C=O) groups is 1. The largest absolute Gasteiger partial charge is 0.295 e. The van der Waals surface area contributed by atoms with Gasteiger partial charge in [-0.2, -0.15) is 0 Å². The highest BCUT2D eigenvalue weighted by Gasteiger charge is 2.51. The van der Waals surface area contributed by atoms with Crippen molar-refractivity contribution in [1.29, 1.82) is 0 Å². The van der Waals surface area contributed by atoms with Crippen LogP contribution in [0.5, 0.6) is 0 Å². The Morgan fingerprint density at radius 2 is 2.11 bits per heavy atom. The molecule has 4 aliphatic rings. The molecule has 0 aromatic carbocycles. The van der Waals surface area contributed by atoms with E-state index in [1.165, 1.54) is 37.7 Å². The molecule has 0 radical (unpaired) electrons. The molecule has 0 aromatic heterocycles. The van der Waals surface area contributed by atoms with Gasteiger partial charge in [0.05, 0.1) is 0 Å². The van der Waals surface area contributed by atoms with Crippen molar-refractivity contribution >= 4 is 5.78 Å². The fourth-order valence-electron chi connectivity index (χ4n) is 5.65. The van der Waals surface area contributed by atoms with Gasteiger partial charge in [0.1, 0.15) is 0 Å². The van der Waals surface area contributed by atoms with Gasteiger partial charge in [0.15, 0.2) is 5.78 Å². The Morgan fingerprint density at radius 3 is 3.00 bits per heavy atom. The third-order valence-corrected chi connectivity index (χ3v) is 6.65. The molecule has 0 spiro atoms. The Morgan fingerprint density at radius 1 is 1.21 bits per heavy atom. The monoisotopic (exact) mass is 256 g/mol. The second-order valence-electron chi connectivity index (χ2n) is 7.55. The molecule has 0 aromatic rings. The first kappa shape index (κ1) is 11.9. The molecule has 1 heteroatoms. The van der Waals surface area contributed by atoms with Gasteiger partial charge >= 0.3 is 0 Å². The van der Waals surface area contributed by atoms with E-state index in [4.69, 9.17) is 0 Å². The molecule has 4 aliphatic carbocycles. The molecular weight excluding hydrogens is 232 g/mol. The molecule has 1 nitrogen and oxygen atoms in total.